The molecule has 1 aromatic heterocycles. The predicted molar refractivity (Wildman–Crippen MR) is 106 cm³/mol. The van der Waals surface area contributed by atoms with Gasteiger partial charge in [0.25, 0.3) is 0 Å². The highest BCUT2D eigenvalue weighted by atomic mass is 35.5. The second-order valence-electron chi connectivity index (χ2n) is 6.86. The van der Waals surface area contributed by atoms with Crippen LogP contribution in [-0.2, 0) is 16.6 Å². The van der Waals surface area contributed by atoms with Crippen LogP contribution >= 0.6 is 11.6 Å². The van der Waals surface area contributed by atoms with Gasteiger partial charge in [-0.3, -0.25) is 14.9 Å². The van der Waals surface area contributed by atoms with Crippen molar-refractivity contribution in [2.75, 3.05) is 16.8 Å². The largest absolute Gasteiger partial charge is 0.313 e. The molecule has 0 saturated carbocycles. The van der Waals surface area contributed by atoms with Gasteiger partial charge in [-0.15, -0.1) is 0 Å². The SMILES string of the molecule is Cc1ccc(N2CC(C(=O)Nc3nc4cc(Cl)ccc4n3C)CC2=O)cc1. The minimum absolute atomic E-state index is 0.0456. The first-order valence-corrected chi connectivity index (χ1v) is 9.10. The van der Waals surface area contributed by atoms with Crippen LogP contribution in [0.1, 0.15) is 12.0 Å². The van der Waals surface area contributed by atoms with Crippen molar-refractivity contribution >= 4 is 46.1 Å². The first kappa shape index (κ1) is 17.5. The lowest BCUT2D eigenvalue weighted by Crippen LogP contribution is -2.28. The monoisotopic (exact) mass is 382 g/mol. The van der Waals surface area contributed by atoms with Crippen LogP contribution in [-0.4, -0.2) is 27.9 Å². The zero-order valence-electron chi connectivity index (χ0n) is 15.1. The van der Waals surface area contributed by atoms with Gasteiger partial charge in [0.2, 0.25) is 17.8 Å². The van der Waals surface area contributed by atoms with E-state index < -0.39 is 5.92 Å². The molecule has 27 heavy (non-hydrogen) atoms. The molecule has 6 nitrogen and oxygen atoms in total. The van der Waals surface area contributed by atoms with Crippen LogP contribution in [0.25, 0.3) is 11.0 Å². The van der Waals surface area contributed by atoms with Crippen molar-refractivity contribution in [2.24, 2.45) is 13.0 Å². The van der Waals surface area contributed by atoms with E-state index in [2.05, 4.69) is 10.3 Å². The summed E-state index contributed by atoms with van der Waals surface area (Å²) in [6.07, 6.45) is 0.190. The third kappa shape index (κ3) is 3.28. The number of imidazole rings is 1. The van der Waals surface area contributed by atoms with Crippen molar-refractivity contribution in [1.29, 1.82) is 0 Å². The minimum atomic E-state index is -0.415. The molecule has 1 aliphatic rings. The lowest BCUT2D eigenvalue weighted by atomic mass is 10.1. The topological polar surface area (TPSA) is 67.2 Å². The van der Waals surface area contributed by atoms with Crippen LogP contribution in [0.5, 0.6) is 0 Å². The highest BCUT2D eigenvalue weighted by Gasteiger charge is 2.35. The number of rotatable bonds is 3. The van der Waals surface area contributed by atoms with Gasteiger partial charge >= 0.3 is 0 Å². The maximum Gasteiger partial charge on any atom is 0.232 e. The van der Waals surface area contributed by atoms with Gasteiger partial charge in [0, 0.05) is 30.7 Å². The first-order valence-electron chi connectivity index (χ1n) is 8.72. The standard InChI is InChI=1S/C20H19ClN4O2/c1-12-3-6-15(7-4-12)25-11-13(9-18(25)26)19(27)23-20-22-16-10-14(21)5-8-17(16)24(20)2/h3-8,10,13H,9,11H2,1-2H3,(H,22,23,27). The summed E-state index contributed by atoms with van der Waals surface area (Å²) in [7, 11) is 1.83. The van der Waals surface area contributed by atoms with E-state index >= 15 is 0 Å². The number of carbonyl (C=O) groups is 2. The number of hydrogen-bond acceptors (Lipinski definition) is 3. The summed E-state index contributed by atoms with van der Waals surface area (Å²) in [4.78, 5) is 31.2. The lowest BCUT2D eigenvalue weighted by molar-refractivity contribution is -0.122. The molecule has 4 rings (SSSR count). The normalized spacial score (nSPS) is 16.9. The molecule has 0 bridgehead atoms. The summed E-state index contributed by atoms with van der Waals surface area (Å²) in [5.74, 6) is -0.223. The molecular weight excluding hydrogens is 364 g/mol. The average molecular weight is 383 g/mol. The molecule has 2 amide bonds. The van der Waals surface area contributed by atoms with E-state index in [1.54, 1.807) is 21.6 Å². The number of aromatic nitrogens is 2. The third-order valence-corrected chi connectivity index (χ3v) is 5.15. The highest BCUT2D eigenvalue weighted by Crippen LogP contribution is 2.27. The quantitative estimate of drug-likeness (QED) is 0.753. The molecule has 0 spiro atoms. The molecule has 1 atom stereocenters. The summed E-state index contributed by atoms with van der Waals surface area (Å²) in [5, 5.41) is 3.44. The van der Waals surface area contributed by atoms with Gasteiger partial charge in [0.15, 0.2) is 0 Å². The Kier molecular flexibility index (Phi) is 4.36. The Morgan fingerprint density at radius 1 is 1.22 bits per heavy atom. The van der Waals surface area contributed by atoms with Crippen LogP contribution in [0, 0.1) is 12.8 Å². The van der Waals surface area contributed by atoms with Gasteiger partial charge in [-0.1, -0.05) is 29.3 Å². The zero-order chi connectivity index (χ0) is 19.1. The second-order valence-corrected chi connectivity index (χ2v) is 7.29. The van der Waals surface area contributed by atoms with E-state index in [1.165, 1.54) is 0 Å². The van der Waals surface area contributed by atoms with Crippen LogP contribution in [0.4, 0.5) is 11.6 Å². The molecule has 1 N–H and O–H groups in total. The number of hydrogen-bond donors (Lipinski definition) is 1. The number of halogens is 1. The molecule has 1 saturated heterocycles. The number of anilines is 2. The minimum Gasteiger partial charge on any atom is -0.313 e. The van der Waals surface area contributed by atoms with Crippen molar-refractivity contribution in [3.63, 3.8) is 0 Å². The Bertz CT molecular complexity index is 1040. The van der Waals surface area contributed by atoms with Gasteiger partial charge in [0.1, 0.15) is 0 Å². The number of benzene rings is 2. The van der Waals surface area contributed by atoms with Crippen LogP contribution in [0.2, 0.25) is 5.02 Å². The molecule has 7 heteroatoms. The van der Waals surface area contributed by atoms with Crippen molar-refractivity contribution in [1.82, 2.24) is 9.55 Å². The van der Waals surface area contributed by atoms with E-state index in [9.17, 15) is 9.59 Å². The van der Waals surface area contributed by atoms with E-state index in [-0.39, 0.29) is 18.2 Å². The number of nitrogens with zero attached hydrogens (tertiary/aromatic N) is 3. The fourth-order valence-corrected chi connectivity index (χ4v) is 3.52. The smallest absolute Gasteiger partial charge is 0.232 e. The van der Waals surface area contributed by atoms with E-state index in [1.807, 2.05) is 44.3 Å². The maximum atomic E-state index is 12.7. The van der Waals surface area contributed by atoms with Gasteiger partial charge in [-0.05, 0) is 37.3 Å². The number of nitrogens with one attached hydrogen (secondary N) is 1. The van der Waals surface area contributed by atoms with E-state index in [0.29, 0.717) is 23.0 Å². The lowest BCUT2D eigenvalue weighted by Gasteiger charge is -2.16. The van der Waals surface area contributed by atoms with Gasteiger partial charge < -0.3 is 9.47 Å². The fraction of sp³-hybridized carbons (Fsp3) is 0.250. The molecule has 0 radical (unpaired) electrons. The zero-order valence-corrected chi connectivity index (χ0v) is 15.8. The summed E-state index contributed by atoms with van der Waals surface area (Å²) in [6.45, 7) is 2.36. The molecule has 2 aromatic carbocycles. The summed E-state index contributed by atoms with van der Waals surface area (Å²) >= 11 is 6.01. The highest BCUT2D eigenvalue weighted by molar-refractivity contribution is 6.31. The fourth-order valence-electron chi connectivity index (χ4n) is 3.35. The summed E-state index contributed by atoms with van der Waals surface area (Å²) in [6, 6.07) is 13.1. The molecule has 0 aliphatic carbocycles. The number of fused-ring (bicyclic) bond motifs is 1. The first-order chi connectivity index (χ1) is 12.9. The van der Waals surface area contributed by atoms with Crippen LogP contribution < -0.4 is 10.2 Å². The van der Waals surface area contributed by atoms with Crippen molar-refractivity contribution in [2.45, 2.75) is 13.3 Å². The maximum absolute atomic E-state index is 12.7. The molecular formula is C20H19ClN4O2. The number of aryl methyl sites for hydroxylation is 2. The van der Waals surface area contributed by atoms with Crippen LogP contribution in [0.3, 0.4) is 0 Å². The Hall–Kier alpha value is -2.86. The number of amides is 2. The predicted octanol–water partition coefficient (Wildman–Crippen LogP) is 3.53. The molecule has 2 heterocycles. The van der Waals surface area contributed by atoms with Crippen LogP contribution in [0.15, 0.2) is 42.5 Å². The molecule has 1 unspecified atom stereocenters. The summed E-state index contributed by atoms with van der Waals surface area (Å²) in [5.41, 5.74) is 3.53. The Labute approximate surface area is 161 Å². The number of carbonyl (C=O) groups excluding carboxylic acids is 2. The molecule has 1 fully saturated rings. The Morgan fingerprint density at radius 3 is 2.70 bits per heavy atom. The van der Waals surface area contributed by atoms with Gasteiger partial charge in [-0.25, -0.2) is 4.98 Å². The molecule has 138 valence electrons. The third-order valence-electron chi connectivity index (χ3n) is 4.92. The van der Waals surface area contributed by atoms with Crippen molar-refractivity contribution < 1.29 is 9.59 Å². The molecule has 1 aliphatic heterocycles. The summed E-state index contributed by atoms with van der Waals surface area (Å²) < 4.78 is 1.80. The van der Waals surface area contributed by atoms with E-state index in [4.69, 9.17) is 11.6 Å². The van der Waals surface area contributed by atoms with Gasteiger partial charge in [-0.2, -0.15) is 0 Å². The molecule has 3 aromatic rings. The van der Waals surface area contributed by atoms with E-state index in [0.717, 1.165) is 16.8 Å². The van der Waals surface area contributed by atoms with Gasteiger partial charge in [0.05, 0.1) is 17.0 Å². The van der Waals surface area contributed by atoms with Crippen molar-refractivity contribution in [3.8, 4) is 0 Å². The second kappa shape index (κ2) is 6.70. The Morgan fingerprint density at radius 2 is 1.96 bits per heavy atom. The average Bonchev–Trinajstić information content (AvgIpc) is 3.16. The van der Waals surface area contributed by atoms with Crippen molar-refractivity contribution in [3.05, 3.63) is 53.1 Å². The Balaban J connectivity index is 1.51.